The van der Waals surface area contributed by atoms with Gasteiger partial charge in [-0.15, -0.1) is 0 Å². The van der Waals surface area contributed by atoms with E-state index in [0.717, 1.165) is 11.6 Å². The van der Waals surface area contributed by atoms with Gasteiger partial charge in [0, 0.05) is 5.69 Å². The Morgan fingerprint density at radius 2 is 1.86 bits per heavy atom. The number of carbonyl (C=O) groups excluding carboxylic acids is 2. The van der Waals surface area contributed by atoms with Crippen LogP contribution in [0.5, 0.6) is 5.75 Å². The number of benzene rings is 2. The third kappa shape index (κ3) is 6.67. The van der Waals surface area contributed by atoms with E-state index >= 15 is 0 Å². The lowest BCUT2D eigenvalue weighted by atomic mass is 10.2. The fourth-order valence-electron chi connectivity index (χ4n) is 2.34. The van der Waals surface area contributed by atoms with E-state index in [1.165, 1.54) is 13.0 Å². The van der Waals surface area contributed by atoms with Crippen molar-refractivity contribution in [3.05, 3.63) is 58.6 Å². The molecule has 1 N–H and O–H groups in total. The normalized spacial score (nSPS) is 12.2. The van der Waals surface area contributed by atoms with E-state index in [1.807, 2.05) is 19.1 Å². The second kappa shape index (κ2) is 9.65. The molecule has 9 heteroatoms. The van der Waals surface area contributed by atoms with E-state index in [1.54, 1.807) is 12.1 Å². The highest BCUT2D eigenvalue weighted by molar-refractivity contribution is 6.31. The molecule has 0 spiro atoms. The Morgan fingerprint density at radius 1 is 1.17 bits per heavy atom. The van der Waals surface area contributed by atoms with Crippen LogP contribution in [-0.2, 0) is 20.5 Å². The summed E-state index contributed by atoms with van der Waals surface area (Å²) in [7, 11) is 0. The number of ether oxygens (including phenoxy) is 2. The summed E-state index contributed by atoms with van der Waals surface area (Å²) in [5.74, 6) is -0.809. The van der Waals surface area contributed by atoms with Gasteiger partial charge in [0.15, 0.2) is 6.10 Å². The molecule has 1 atom stereocenters. The van der Waals surface area contributed by atoms with Crippen LogP contribution in [-0.4, -0.2) is 24.6 Å². The number of hydrogen-bond acceptors (Lipinski definition) is 4. The number of hydrogen-bond donors (Lipinski definition) is 1. The van der Waals surface area contributed by atoms with Crippen molar-refractivity contribution in [2.45, 2.75) is 32.5 Å². The molecular formula is C20H19ClF3NO4. The molecule has 156 valence electrons. The number of amides is 1. The summed E-state index contributed by atoms with van der Waals surface area (Å²) < 4.78 is 49.1. The smallest absolute Gasteiger partial charge is 0.417 e. The van der Waals surface area contributed by atoms with E-state index in [4.69, 9.17) is 21.1 Å². The van der Waals surface area contributed by atoms with Gasteiger partial charge in [0.05, 0.1) is 23.6 Å². The third-order valence-electron chi connectivity index (χ3n) is 3.87. The lowest BCUT2D eigenvalue weighted by molar-refractivity contribution is -0.153. The molecule has 5 nitrogen and oxygen atoms in total. The van der Waals surface area contributed by atoms with Crippen LogP contribution >= 0.6 is 11.6 Å². The highest BCUT2D eigenvalue weighted by Gasteiger charge is 2.33. The first-order valence-electron chi connectivity index (χ1n) is 8.63. The average molecular weight is 430 g/mol. The van der Waals surface area contributed by atoms with Crippen molar-refractivity contribution in [1.82, 2.24) is 0 Å². The summed E-state index contributed by atoms with van der Waals surface area (Å²) in [6.07, 6.45) is -5.95. The Balaban J connectivity index is 1.85. The van der Waals surface area contributed by atoms with Gasteiger partial charge in [-0.2, -0.15) is 13.2 Å². The molecule has 0 aliphatic rings. The number of carbonyl (C=O) groups is 2. The number of halogens is 4. The largest absolute Gasteiger partial charge is 0.493 e. The van der Waals surface area contributed by atoms with Crippen molar-refractivity contribution in [3.63, 3.8) is 0 Å². The van der Waals surface area contributed by atoms with E-state index in [0.29, 0.717) is 11.8 Å². The SMILES string of the molecule is Cc1ccccc1OCCC(=O)OC(C)C(=O)Nc1ccc(Cl)c(C(F)(F)F)c1. The number of para-hydroxylation sites is 1. The summed E-state index contributed by atoms with van der Waals surface area (Å²) in [6, 6.07) is 10.2. The molecule has 0 radical (unpaired) electrons. The van der Waals surface area contributed by atoms with Gasteiger partial charge < -0.3 is 14.8 Å². The molecule has 1 amide bonds. The summed E-state index contributed by atoms with van der Waals surface area (Å²) in [6.45, 7) is 3.24. The summed E-state index contributed by atoms with van der Waals surface area (Å²) >= 11 is 5.54. The van der Waals surface area contributed by atoms with Gasteiger partial charge in [0.1, 0.15) is 5.75 Å². The topological polar surface area (TPSA) is 64.6 Å². The highest BCUT2D eigenvalue weighted by atomic mass is 35.5. The van der Waals surface area contributed by atoms with Crippen LogP contribution in [0.3, 0.4) is 0 Å². The minimum Gasteiger partial charge on any atom is -0.493 e. The molecular weight excluding hydrogens is 411 g/mol. The number of aryl methyl sites for hydroxylation is 1. The van der Waals surface area contributed by atoms with Crippen LogP contribution in [0.4, 0.5) is 18.9 Å². The third-order valence-corrected chi connectivity index (χ3v) is 4.20. The predicted octanol–water partition coefficient (Wildman–Crippen LogP) is 5.01. The Morgan fingerprint density at radius 3 is 2.52 bits per heavy atom. The molecule has 0 aliphatic carbocycles. The average Bonchev–Trinajstić information content (AvgIpc) is 2.63. The van der Waals surface area contributed by atoms with E-state index in [9.17, 15) is 22.8 Å². The van der Waals surface area contributed by atoms with Crippen LogP contribution in [0.2, 0.25) is 5.02 Å². The molecule has 2 aromatic carbocycles. The Labute approximate surface area is 170 Å². The molecule has 29 heavy (non-hydrogen) atoms. The van der Waals surface area contributed by atoms with Crippen LogP contribution in [0, 0.1) is 6.92 Å². The van der Waals surface area contributed by atoms with E-state index in [2.05, 4.69) is 5.32 Å². The maximum absolute atomic E-state index is 12.9. The minimum atomic E-state index is -4.66. The van der Waals surface area contributed by atoms with E-state index in [-0.39, 0.29) is 18.7 Å². The second-order valence-corrected chi connectivity index (χ2v) is 6.58. The van der Waals surface area contributed by atoms with Crippen LogP contribution in [0.15, 0.2) is 42.5 Å². The summed E-state index contributed by atoms with van der Waals surface area (Å²) in [5.41, 5.74) is -0.276. The standard InChI is InChI=1S/C20H19ClF3NO4/c1-12-5-3-4-6-17(12)28-10-9-18(26)29-13(2)19(27)25-14-7-8-16(21)15(11-14)20(22,23)24/h3-8,11,13H,9-10H2,1-2H3,(H,25,27). The zero-order chi connectivity index (χ0) is 21.6. The number of nitrogens with one attached hydrogen (secondary N) is 1. The molecule has 0 aliphatic heterocycles. The van der Waals surface area contributed by atoms with E-state index < -0.39 is 34.7 Å². The van der Waals surface area contributed by atoms with Crippen molar-refractivity contribution in [3.8, 4) is 5.75 Å². The first-order valence-corrected chi connectivity index (χ1v) is 9.01. The molecule has 1 unspecified atom stereocenters. The van der Waals surface area contributed by atoms with Crippen LogP contribution in [0.1, 0.15) is 24.5 Å². The number of esters is 1. The highest BCUT2D eigenvalue weighted by Crippen LogP contribution is 2.36. The van der Waals surface area contributed by atoms with Gasteiger partial charge in [-0.05, 0) is 43.7 Å². The summed E-state index contributed by atoms with van der Waals surface area (Å²) in [4.78, 5) is 24.0. The maximum atomic E-state index is 12.9. The fourth-order valence-corrected chi connectivity index (χ4v) is 2.56. The Hall–Kier alpha value is -2.74. The maximum Gasteiger partial charge on any atom is 0.417 e. The second-order valence-electron chi connectivity index (χ2n) is 6.18. The number of anilines is 1. The predicted molar refractivity (Wildman–Crippen MR) is 102 cm³/mol. The quantitative estimate of drug-likeness (QED) is 0.628. The van der Waals surface area contributed by atoms with Gasteiger partial charge in [-0.1, -0.05) is 29.8 Å². The van der Waals surface area contributed by atoms with Gasteiger partial charge in [-0.3, -0.25) is 9.59 Å². The van der Waals surface area contributed by atoms with Crippen molar-refractivity contribution >= 4 is 29.2 Å². The Bertz CT molecular complexity index is 886. The van der Waals surface area contributed by atoms with Gasteiger partial charge in [0.2, 0.25) is 0 Å². The van der Waals surface area contributed by atoms with Crippen molar-refractivity contribution in [2.75, 3.05) is 11.9 Å². The van der Waals surface area contributed by atoms with Crippen LogP contribution in [0.25, 0.3) is 0 Å². The lowest BCUT2D eigenvalue weighted by Gasteiger charge is -2.15. The number of rotatable bonds is 7. The molecule has 2 aromatic rings. The zero-order valence-corrected chi connectivity index (χ0v) is 16.4. The first kappa shape index (κ1) is 22.5. The van der Waals surface area contributed by atoms with Gasteiger partial charge in [0.25, 0.3) is 5.91 Å². The summed E-state index contributed by atoms with van der Waals surface area (Å²) in [5, 5.41) is 1.79. The van der Waals surface area contributed by atoms with Crippen molar-refractivity contribution < 1.29 is 32.2 Å². The van der Waals surface area contributed by atoms with Crippen molar-refractivity contribution in [1.29, 1.82) is 0 Å². The van der Waals surface area contributed by atoms with Crippen LogP contribution < -0.4 is 10.1 Å². The number of alkyl halides is 3. The Kier molecular flexibility index (Phi) is 7.50. The molecule has 2 rings (SSSR count). The molecule has 0 aromatic heterocycles. The van der Waals surface area contributed by atoms with Crippen molar-refractivity contribution in [2.24, 2.45) is 0 Å². The molecule has 0 fully saturated rings. The molecule has 0 saturated carbocycles. The molecule has 0 heterocycles. The zero-order valence-electron chi connectivity index (χ0n) is 15.7. The first-order chi connectivity index (χ1) is 13.6. The van der Waals surface area contributed by atoms with Gasteiger partial charge in [-0.25, -0.2) is 0 Å². The minimum absolute atomic E-state index is 0.0597. The van der Waals surface area contributed by atoms with Gasteiger partial charge >= 0.3 is 12.1 Å². The fraction of sp³-hybridized carbons (Fsp3) is 0.300. The molecule has 0 bridgehead atoms. The molecule has 0 saturated heterocycles. The monoisotopic (exact) mass is 429 g/mol. The lowest BCUT2D eigenvalue weighted by Crippen LogP contribution is -2.30.